The molecule has 0 atom stereocenters. The van der Waals surface area contributed by atoms with Crippen LogP contribution in [0.3, 0.4) is 0 Å². The van der Waals surface area contributed by atoms with Crippen LogP contribution in [0.25, 0.3) is 17.0 Å². The van der Waals surface area contributed by atoms with Crippen LogP contribution in [-0.2, 0) is 11.2 Å². The maximum atomic E-state index is 12.6. The Bertz CT molecular complexity index is 1060. The van der Waals surface area contributed by atoms with E-state index in [0.717, 1.165) is 28.8 Å². The zero-order valence-corrected chi connectivity index (χ0v) is 15.1. The van der Waals surface area contributed by atoms with Crippen LogP contribution >= 0.6 is 0 Å². The maximum absolute atomic E-state index is 12.6. The molecule has 4 nitrogen and oxygen atoms in total. The van der Waals surface area contributed by atoms with Crippen molar-refractivity contribution in [3.05, 3.63) is 81.2 Å². The molecule has 1 aromatic heterocycles. The third-order valence-electron chi connectivity index (χ3n) is 4.36. The van der Waals surface area contributed by atoms with Gasteiger partial charge in [-0.05, 0) is 49.6 Å². The number of rotatable bonds is 4. The molecule has 0 aliphatic heterocycles. The first-order valence-corrected chi connectivity index (χ1v) is 8.59. The molecule has 1 N–H and O–H groups in total. The fourth-order valence-electron chi connectivity index (χ4n) is 2.91. The molecule has 0 aliphatic carbocycles. The highest BCUT2D eigenvalue weighted by Crippen LogP contribution is 2.21. The van der Waals surface area contributed by atoms with Crippen molar-refractivity contribution in [2.45, 2.75) is 27.2 Å². The molecule has 0 bridgehead atoms. The summed E-state index contributed by atoms with van der Waals surface area (Å²) in [6.45, 7) is 5.92. The molecule has 0 unspecified atom stereocenters. The molecule has 1 heterocycles. The van der Waals surface area contributed by atoms with Crippen LogP contribution in [0.1, 0.15) is 29.2 Å². The van der Waals surface area contributed by atoms with Gasteiger partial charge in [0.2, 0.25) is 5.91 Å². The molecule has 2 aromatic carbocycles. The number of amides is 1. The van der Waals surface area contributed by atoms with E-state index in [2.05, 4.69) is 5.32 Å². The number of nitrogens with one attached hydrogen (secondary N) is 1. The van der Waals surface area contributed by atoms with Gasteiger partial charge in [0.05, 0.1) is 10.9 Å². The lowest BCUT2D eigenvalue weighted by Crippen LogP contribution is -2.12. The van der Waals surface area contributed by atoms with Crippen LogP contribution in [-0.4, -0.2) is 5.91 Å². The molecule has 0 saturated heterocycles. The average Bonchev–Trinajstić information content (AvgIpc) is 2.63. The van der Waals surface area contributed by atoms with Crippen molar-refractivity contribution < 1.29 is 9.21 Å². The van der Waals surface area contributed by atoms with E-state index >= 15 is 0 Å². The largest absolute Gasteiger partial charge is 0.463 e. The van der Waals surface area contributed by atoms with Gasteiger partial charge in [0.15, 0.2) is 5.43 Å². The van der Waals surface area contributed by atoms with Gasteiger partial charge < -0.3 is 9.73 Å². The predicted octanol–water partition coefficient (Wildman–Crippen LogP) is 4.62. The number of carbonyl (C=O) groups is 1. The molecule has 4 heteroatoms. The lowest BCUT2D eigenvalue weighted by molar-refractivity contribution is -0.111. The third kappa shape index (κ3) is 3.59. The Balaban J connectivity index is 1.86. The number of aryl methyl sites for hydroxylation is 3. The molecule has 1 amide bonds. The summed E-state index contributed by atoms with van der Waals surface area (Å²) >= 11 is 0. The Morgan fingerprint density at radius 1 is 1.19 bits per heavy atom. The maximum Gasteiger partial charge on any atom is 0.248 e. The molecule has 26 heavy (non-hydrogen) atoms. The zero-order chi connectivity index (χ0) is 18.7. The Morgan fingerprint density at radius 2 is 2.00 bits per heavy atom. The molecule has 3 rings (SSSR count). The highest BCUT2D eigenvalue weighted by molar-refractivity contribution is 6.03. The molecular formula is C22H21NO3. The third-order valence-corrected chi connectivity index (χ3v) is 4.36. The molecule has 0 aliphatic rings. The number of hydrogen-bond donors (Lipinski definition) is 1. The van der Waals surface area contributed by atoms with E-state index in [0.29, 0.717) is 16.5 Å². The van der Waals surface area contributed by atoms with Gasteiger partial charge >= 0.3 is 0 Å². The van der Waals surface area contributed by atoms with Gasteiger partial charge in [0, 0.05) is 11.8 Å². The number of fused-ring (bicyclic) bond motifs is 1. The average molecular weight is 347 g/mol. The van der Waals surface area contributed by atoms with Gasteiger partial charge in [-0.3, -0.25) is 9.59 Å². The minimum absolute atomic E-state index is 0.149. The van der Waals surface area contributed by atoms with E-state index < -0.39 is 0 Å². The van der Waals surface area contributed by atoms with Gasteiger partial charge in [0.1, 0.15) is 11.8 Å². The summed E-state index contributed by atoms with van der Waals surface area (Å²) in [7, 11) is 0. The summed E-state index contributed by atoms with van der Waals surface area (Å²) in [5.74, 6) is -0.280. The molecule has 0 spiro atoms. The summed E-state index contributed by atoms with van der Waals surface area (Å²) < 4.78 is 5.50. The number of anilines is 1. The number of hydrogen-bond acceptors (Lipinski definition) is 3. The van der Waals surface area contributed by atoms with E-state index in [1.54, 1.807) is 12.1 Å². The van der Waals surface area contributed by atoms with Gasteiger partial charge in [-0.2, -0.15) is 0 Å². The lowest BCUT2D eigenvalue weighted by Gasteiger charge is -2.11. The Hall–Kier alpha value is -3.14. The molecule has 0 saturated carbocycles. The predicted molar refractivity (Wildman–Crippen MR) is 105 cm³/mol. The molecule has 3 aromatic rings. The fourth-order valence-corrected chi connectivity index (χ4v) is 2.91. The van der Waals surface area contributed by atoms with Crippen molar-refractivity contribution in [3.8, 4) is 0 Å². The van der Waals surface area contributed by atoms with Crippen molar-refractivity contribution >= 4 is 28.6 Å². The fraction of sp³-hybridized carbons (Fsp3) is 0.182. The zero-order valence-electron chi connectivity index (χ0n) is 15.1. The second-order valence-corrected chi connectivity index (χ2v) is 6.30. The molecule has 0 fully saturated rings. The van der Waals surface area contributed by atoms with E-state index in [1.807, 2.05) is 45.0 Å². The molecular weight excluding hydrogens is 326 g/mol. The summed E-state index contributed by atoms with van der Waals surface area (Å²) in [4.78, 5) is 24.9. The van der Waals surface area contributed by atoms with Gasteiger partial charge in [-0.25, -0.2) is 0 Å². The lowest BCUT2D eigenvalue weighted by atomic mass is 10.1. The van der Waals surface area contributed by atoms with Crippen LogP contribution < -0.4 is 10.7 Å². The summed E-state index contributed by atoms with van der Waals surface area (Å²) in [5.41, 5.74) is 4.62. The first kappa shape index (κ1) is 17.7. The highest BCUT2D eigenvalue weighted by Gasteiger charge is 2.08. The summed E-state index contributed by atoms with van der Waals surface area (Å²) in [5, 5.41) is 3.42. The smallest absolute Gasteiger partial charge is 0.248 e. The van der Waals surface area contributed by atoms with E-state index in [-0.39, 0.29) is 11.3 Å². The van der Waals surface area contributed by atoms with Crippen molar-refractivity contribution in [2.75, 3.05) is 5.32 Å². The van der Waals surface area contributed by atoms with Gasteiger partial charge in [-0.15, -0.1) is 0 Å². The molecule has 132 valence electrons. The minimum atomic E-state index is -0.280. The van der Waals surface area contributed by atoms with Crippen molar-refractivity contribution in [1.29, 1.82) is 0 Å². The van der Waals surface area contributed by atoms with E-state index in [9.17, 15) is 9.59 Å². The second-order valence-electron chi connectivity index (χ2n) is 6.30. The second kappa shape index (κ2) is 7.40. The van der Waals surface area contributed by atoms with Crippen LogP contribution in [0.15, 0.2) is 57.9 Å². The number of carbonyl (C=O) groups excluding carboxylic acids is 1. The van der Waals surface area contributed by atoms with Gasteiger partial charge in [0.25, 0.3) is 0 Å². The SMILES string of the molecule is CCc1cccc(C)c1NC(=O)/C=C/c1coc2ccc(C)cc2c1=O. The van der Waals surface area contributed by atoms with Crippen LogP contribution in [0.2, 0.25) is 0 Å². The monoisotopic (exact) mass is 347 g/mol. The number of benzene rings is 2. The first-order valence-electron chi connectivity index (χ1n) is 8.59. The van der Waals surface area contributed by atoms with Gasteiger partial charge in [-0.1, -0.05) is 36.8 Å². The minimum Gasteiger partial charge on any atom is -0.463 e. The van der Waals surface area contributed by atoms with Crippen molar-refractivity contribution in [3.63, 3.8) is 0 Å². The van der Waals surface area contributed by atoms with Crippen LogP contribution in [0.4, 0.5) is 5.69 Å². The Morgan fingerprint density at radius 3 is 2.77 bits per heavy atom. The summed E-state index contributed by atoms with van der Waals surface area (Å²) in [6, 6.07) is 11.4. The normalized spacial score (nSPS) is 11.2. The van der Waals surface area contributed by atoms with Crippen LogP contribution in [0.5, 0.6) is 0 Å². The Kier molecular flexibility index (Phi) is 5.03. The van der Waals surface area contributed by atoms with Crippen molar-refractivity contribution in [2.24, 2.45) is 0 Å². The van der Waals surface area contributed by atoms with Crippen molar-refractivity contribution in [1.82, 2.24) is 0 Å². The van der Waals surface area contributed by atoms with E-state index in [1.165, 1.54) is 18.4 Å². The topological polar surface area (TPSA) is 59.3 Å². The van der Waals surface area contributed by atoms with E-state index in [4.69, 9.17) is 4.42 Å². The molecule has 0 radical (unpaired) electrons. The quantitative estimate of drug-likeness (QED) is 0.700. The highest BCUT2D eigenvalue weighted by atomic mass is 16.3. The Labute approximate surface area is 152 Å². The summed E-state index contributed by atoms with van der Waals surface area (Å²) in [6.07, 6.45) is 5.07. The van der Waals surface area contributed by atoms with Crippen LogP contribution in [0, 0.1) is 13.8 Å². The number of para-hydroxylation sites is 1. The first-order chi connectivity index (χ1) is 12.5. The standard InChI is InChI=1S/C22H21NO3/c1-4-16-7-5-6-15(3)21(16)23-20(24)11-9-17-13-26-19-10-8-14(2)12-18(19)22(17)25/h5-13H,4H2,1-3H3,(H,23,24)/b11-9+.